The van der Waals surface area contributed by atoms with Crippen LogP contribution in [0.1, 0.15) is 20.3 Å². The van der Waals surface area contributed by atoms with Crippen molar-refractivity contribution >= 4 is 47.4 Å². The average molecular weight is 527 g/mol. The van der Waals surface area contributed by atoms with Gasteiger partial charge in [0.1, 0.15) is 0 Å². The number of carbonyl (C=O) groups excluding carboxylic acids is 2. The fourth-order valence-electron chi connectivity index (χ4n) is 2.81. The van der Waals surface area contributed by atoms with Gasteiger partial charge in [-0.25, -0.2) is 13.2 Å². The number of hydrogen-bond acceptors (Lipinski definition) is 3. The van der Waals surface area contributed by atoms with Crippen LogP contribution in [0.15, 0.2) is 17.1 Å². The summed E-state index contributed by atoms with van der Waals surface area (Å²) >= 11 is 0. The van der Waals surface area contributed by atoms with Crippen molar-refractivity contribution in [2.75, 3.05) is 32.0 Å². The van der Waals surface area contributed by atoms with Gasteiger partial charge in [0.25, 0.3) is 0 Å². The maximum Gasteiger partial charge on any atom is 0.243 e. The van der Waals surface area contributed by atoms with Crippen molar-refractivity contribution in [3.05, 3.63) is 29.6 Å². The second-order valence-electron chi connectivity index (χ2n) is 6.77. The van der Waals surface area contributed by atoms with E-state index in [9.17, 15) is 22.8 Å². The Labute approximate surface area is 184 Å². The van der Waals surface area contributed by atoms with Gasteiger partial charge in [0.2, 0.25) is 11.8 Å². The highest BCUT2D eigenvalue weighted by atomic mass is 127. The second-order valence-corrected chi connectivity index (χ2v) is 6.77. The number of aliphatic imine (C=N–C) groups is 1. The van der Waals surface area contributed by atoms with Crippen molar-refractivity contribution < 1.29 is 22.8 Å². The Bertz CT molecular complexity index is 776. The molecule has 1 fully saturated rings. The summed E-state index contributed by atoms with van der Waals surface area (Å²) in [4.78, 5) is 29.7. The third kappa shape index (κ3) is 6.75. The van der Waals surface area contributed by atoms with Crippen LogP contribution in [-0.2, 0) is 9.59 Å². The topological polar surface area (TPSA) is 85.8 Å². The van der Waals surface area contributed by atoms with Crippen molar-refractivity contribution in [3.63, 3.8) is 0 Å². The van der Waals surface area contributed by atoms with Crippen LogP contribution in [0.5, 0.6) is 0 Å². The molecule has 11 heteroatoms. The molecule has 0 saturated carbocycles. The predicted octanol–water partition coefficient (Wildman–Crippen LogP) is 2.08. The summed E-state index contributed by atoms with van der Waals surface area (Å²) in [5, 5.41) is 8.05. The third-order valence-electron chi connectivity index (χ3n) is 4.28. The number of nitrogens with one attached hydrogen (secondary N) is 3. The summed E-state index contributed by atoms with van der Waals surface area (Å²) in [6, 6.07) is 1.66. The summed E-state index contributed by atoms with van der Waals surface area (Å²) in [7, 11) is 1.52. The Balaban J connectivity index is 0.00000420. The van der Waals surface area contributed by atoms with Crippen molar-refractivity contribution in [2.45, 2.75) is 26.3 Å². The lowest BCUT2D eigenvalue weighted by Crippen LogP contribution is -2.47. The van der Waals surface area contributed by atoms with Crippen molar-refractivity contribution in [1.82, 2.24) is 15.5 Å². The molecule has 1 aliphatic rings. The highest BCUT2D eigenvalue weighted by Gasteiger charge is 2.28. The van der Waals surface area contributed by atoms with E-state index in [2.05, 4.69) is 20.9 Å². The fraction of sp³-hybridized carbons (Fsp3) is 0.500. The van der Waals surface area contributed by atoms with Gasteiger partial charge in [-0.05, 0) is 18.6 Å². The van der Waals surface area contributed by atoms with Gasteiger partial charge in [0.05, 0.1) is 12.2 Å². The molecular weight excluding hydrogens is 502 g/mol. The molecule has 0 radical (unpaired) electrons. The highest BCUT2D eigenvalue weighted by Crippen LogP contribution is 2.19. The van der Waals surface area contributed by atoms with Crippen LogP contribution < -0.4 is 16.0 Å². The molecule has 0 aliphatic carbocycles. The maximum absolute atomic E-state index is 13.6. The zero-order valence-electron chi connectivity index (χ0n) is 16.4. The van der Waals surface area contributed by atoms with Gasteiger partial charge in [0, 0.05) is 32.1 Å². The molecule has 0 spiro atoms. The molecule has 1 unspecified atom stereocenters. The number of benzene rings is 1. The smallest absolute Gasteiger partial charge is 0.243 e. The highest BCUT2D eigenvalue weighted by molar-refractivity contribution is 14.0. The van der Waals surface area contributed by atoms with Crippen LogP contribution in [0.25, 0.3) is 0 Å². The number of halogens is 4. The lowest BCUT2D eigenvalue weighted by molar-refractivity contribution is -0.133. The zero-order valence-corrected chi connectivity index (χ0v) is 18.7. The molecule has 1 atom stereocenters. The molecular formula is C18H25F3IN5O2. The molecule has 7 nitrogen and oxygen atoms in total. The van der Waals surface area contributed by atoms with E-state index < -0.39 is 29.0 Å². The molecule has 1 heterocycles. The van der Waals surface area contributed by atoms with Crippen LogP contribution in [0.2, 0.25) is 0 Å². The number of carbonyl (C=O) groups is 2. The van der Waals surface area contributed by atoms with Crippen molar-refractivity contribution in [1.29, 1.82) is 0 Å². The molecule has 0 bridgehead atoms. The summed E-state index contributed by atoms with van der Waals surface area (Å²) in [5.74, 6) is -4.75. The molecule has 1 aliphatic heterocycles. The molecule has 1 aromatic carbocycles. The van der Waals surface area contributed by atoms with Gasteiger partial charge < -0.3 is 20.9 Å². The lowest BCUT2D eigenvalue weighted by Gasteiger charge is -2.20. The number of likely N-dealkylation sites (tertiary alicyclic amines) is 1. The Morgan fingerprint density at radius 2 is 1.93 bits per heavy atom. The fourth-order valence-corrected chi connectivity index (χ4v) is 2.81. The largest absolute Gasteiger partial charge is 0.352 e. The van der Waals surface area contributed by atoms with Gasteiger partial charge in [0.15, 0.2) is 23.4 Å². The van der Waals surface area contributed by atoms with Crippen LogP contribution in [-0.4, -0.2) is 55.4 Å². The summed E-state index contributed by atoms with van der Waals surface area (Å²) in [6.07, 6.45) is 0.741. The van der Waals surface area contributed by atoms with E-state index >= 15 is 0 Å². The van der Waals surface area contributed by atoms with Gasteiger partial charge in [-0.1, -0.05) is 13.8 Å². The number of guanidine groups is 1. The first-order chi connectivity index (χ1) is 13.2. The monoisotopic (exact) mass is 527 g/mol. The predicted molar refractivity (Wildman–Crippen MR) is 115 cm³/mol. The number of anilines is 1. The minimum absolute atomic E-state index is 0. The van der Waals surface area contributed by atoms with Crippen LogP contribution in [0, 0.1) is 23.4 Å². The number of hydrogen-bond donors (Lipinski definition) is 3. The van der Waals surface area contributed by atoms with Gasteiger partial charge in [-0.3, -0.25) is 14.6 Å². The zero-order chi connectivity index (χ0) is 20.8. The first-order valence-corrected chi connectivity index (χ1v) is 8.92. The van der Waals surface area contributed by atoms with E-state index in [0.717, 1.165) is 18.6 Å². The van der Waals surface area contributed by atoms with Crippen molar-refractivity contribution in [2.24, 2.45) is 10.9 Å². The van der Waals surface area contributed by atoms with E-state index in [1.165, 1.54) is 7.05 Å². The van der Waals surface area contributed by atoms with E-state index in [1.54, 1.807) is 4.90 Å². The Morgan fingerprint density at radius 3 is 2.55 bits per heavy atom. The molecule has 0 aromatic heterocycles. The Kier molecular flexibility index (Phi) is 9.66. The molecule has 2 amide bonds. The number of rotatable bonds is 5. The standard InChI is InChI=1S/C18H24F3N5O2.HI/c1-10(2)17(28)26-7-6-11(9-26)24-18(22-3)23-8-14(27)25-13-5-4-12(19)15(20)16(13)21;/h4-5,10-11H,6-9H2,1-3H3,(H,25,27)(H2,22,23,24);1H. The Hall–Kier alpha value is -2.05. The quantitative estimate of drug-likeness (QED) is 0.237. The minimum atomic E-state index is -1.65. The first kappa shape index (κ1) is 25.0. The summed E-state index contributed by atoms with van der Waals surface area (Å²) < 4.78 is 39.7. The third-order valence-corrected chi connectivity index (χ3v) is 4.28. The lowest BCUT2D eigenvalue weighted by atomic mass is 10.2. The van der Waals surface area contributed by atoms with Gasteiger partial charge >= 0.3 is 0 Å². The minimum Gasteiger partial charge on any atom is -0.352 e. The first-order valence-electron chi connectivity index (χ1n) is 8.92. The SMILES string of the molecule is CN=C(NCC(=O)Nc1ccc(F)c(F)c1F)NC1CCN(C(=O)C(C)C)C1.I. The average Bonchev–Trinajstić information content (AvgIpc) is 3.13. The molecule has 1 saturated heterocycles. The normalized spacial score (nSPS) is 16.4. The number of nitrogens with zero attached hydrogens (tertiary/aromatic N) is 2. The van der Waals surface area contributed by atoms with Crippen LogP contribution >= 0.6 is 24.0 Å². The van der Waals surface area contributed by atoms with E-state index in [0.29, 0.717) is 19.0 Å². The number of amides is 2. The molecule has 1 aromatic rings. The van der Waals surface area contributed by atoms with Crippen LogP contribution in [0.4, 0.5) is 18.9 Å². The van der Waals surface area contributed by atoms with E-state index in [4.69, 9.17) is 0 Å². The van der Waals surface area contributed by atoms with E-state index in [1.807, 2.05) is 13.8 Å². The second kappa shape index (κ2) is 11.2. The van der Waals surface area contributed by atoms with Crippen molar-refractivity contribution in [3.8, 4) is 0 Å². The molecule has 3 N–H and O–H groups in total. The molecule has 29 heavy (non-hydrogen) atoms. The summed E-state index contributed by atoms with van der Waals surface area (Å²) in [5.41, 5.74) is -0.452. The molecule has 2 rings (SSSR count). The van der Waals surface area contributed by atoms with Gasteiger partial charge in [-0.2, -0.15) is 0 Å². The Morgan fingerprint density at radius 1 is 1.24 bits per heavy atom. The maximum atomic E-state index is 13.6. The summed E-state index contributed by atoms with van der Waals surface area (Å²) in [6.45, 7) is 4.60. The molecule has 162 valence electrons. The van der Waals surface area contributed by atoms with Gasteiger partial charge in [-0.15, -0.1) is 24.0 Å². The van der Waals surface area contributed by atoms with E-state index in [-0.39, 0.29) is 48.4 Å². The van der Waals surface area contributed by atoms with Crippen LogP contribution in [0.3, 0.4) is 0 Å².